The maximum atomic E-state index is 11.6. The van der Waals surface area contributed by atoms with Crippen LogP contribution in [0, 0.1) is 0 Å². The second-order valence-electron chi connectivity index (χ2n) is 4.09. The monoisotopic (exact) mass is 283 g/mol. The summed E-state index contributed by atoms with van der Waals surface area (Å²) in [5, 5.41) is 10.5. The summed E-state index contributed by atoms with van der Waals surface area (Å²) < 4.78 is 16.6. The molecule has 2 N–H and O–H groups in total. The van der Waals surface area contributed by atoms with Crippen molar-refractivity contribution >= 4 is 23.1 Å². The van der Waals surface area contributed by atoms with Gasteiger partial charge in [-0.15, -0.1) is 0 Å². The molecule has 2 unspecified atom stereocenters. The predicted octanol–water partition coefficient (Wildman–Crippen LogP) is -0.103. The number of aliphatic carboxylic acids is 1. The van der Waals surface area contributed by atoms with Gasteiger partial charge >= 0.3 is 5.97 Å². The van der Waals surface area contributed by atoms with E-state index in [0.717, 1.165) is 5.56 Å². The first-order valence-electron chi connectivity index (χ1n) is 5.64. The number of hydrogen-bond donors (Lipinski definition) is 2. The van der Waals surface area contributed by atoms with Crippen molar-refractivity contribution in [3.05, 3.63) is 29.8 Å². The Labute approximate surface area is 112 Å². The van der Waals surface area contributed by atoms with Gasteiger partial charge in [-0.3, -0.25) is 4.79 Å². The molecule has 1 heterocycles. The number of nitrogens with one attached hydrogen (secondary N) is 1. The van der Waals surface area contributed by atoms with Crippen LogP contribution in [0.25, 0.3) is 0 Å². The molecule has 19 heavy (non-hydrogen) atoms. The van der Waals surface area contributed by atoms with Crippen molar-refractivity contribution in [2.24, 2.45) is 0 Å². The van der Waals surface area contributed by atoms with Crippen molar-refractivity contribution in [2.75, 3.05) is 12.5 Å². The lowest BCUT2D eigenvalue weighted by molar-refractivity contribution is -0.139. The number of rotatable bonds is 5. The van der Waals surface area contributed by atoms with Gasteiger partial charge in [0.1, 0.15) is 5.75 Å². The molecule has 1 aliphatic rings. The maximum Gasteiger partial charge on any atom is 0.341 e. The van der Waals surface area contributed by atoms with E-state index in [1.54, 1.807) is 24.3 Å². The van der Waals surface area contributed by atoms with Crippen molar-refractivity contribution in [3.63, 3.8) is 0 Å². The highest BCUT2D eigenvalue weighted by atomic mass is 32.2. The fourth-order valence-electron chi connectivity index (χ4n) is 1.74. The first kappa shape index (κ1) is 13.7. The first-order chi connectivity index (χ1) is 9.06. The molecule has 0 saturated carbocycles. The van der Waals surface area contributed by atoms with Crippen LogP contribution in [-0.2, 0) is 27.2 Å². The Balaban J connectivity index is 1.95. The number of carbonyl (C=O) groups is 2. The molecule has 0 radical (unpaired) electrons. The highest BCUT2D eigenvalue weighted by Crippen LogP contribution is 2.18. The SMILES string of the molecule is O=C(O)COc1ccc(CC2C(=O)NC[S+]2[O-])cc1. The third-order valence-electron chi connectivity index (χ3n) is 2.71. The molecule has 1 saturated heterocycles. The summed E-state index contributed by atoms with van der Waals surface area (Å²) in [5.74, 6) is -0.571. The van der Waals surface area contributed by atoms with E-state index >= 15 is 0 Å². The van der Waals surface area contributed by atoms with E-state index in [2.05, 4.69) is 5.32 Å². The Hall–Kier alpha value is -1.73. The van der Waals surface area contributed by atoms with Crippen molar-refractivity contribution < 1.29 is 24.0 Å². The van der Waals surface area contributed by atoms with E-state index in [1.807, 2.05) is 0 Å². The van der Waals surface area contributed by atoms with Crippen LogP contribution in [0.1, 0.15) is 5.56 Å². The Morgan fingerprint density at radius 2 is 2.16 bits per heavy atom. The van der Waals surface area contributed by atoms with Crippen LogP contribution in [0.2, 0.25) is 0 Å². The highest BCUT2D eigenvalue weighted by molar-refractivity contribution is 7.93. The van der Waals surface area contributed by atoms with Gasteiger partial charge in [0, 0.05) is 6.42 Å². The minimum Gasteiger partial charge on any atom is -0.614 e. The van der Waals surface area contributed by atoms with E-state index in [9.17, 15) is 14.1 Å². The minimum atomic E-state index is -1.18. The molecule has 1 fully saturated rings. The zero-order chi connectivity index (χ0) is 13.8. The van der Waals surface area contributed by atoms with Gasteiger partial charge in [0.25, 0.3) is 5.91 Å². The molecule has 1 amide bonds. The van der Waals surface area contributed by atoms with E-state index in [0.29, 0.717) is 12.2 Å². The van der Waals surface area contributed by atoms with Gasteiger partial charge in [-0.2, -0.15) is 0 Å². The zero-order valence-electron chi connectivity index (χ0n) is 10.00. The number of ether oxygens (including phenoxy) is 1. The fraction of sp³-hybridized carbons (Fsp3) is 0.333. The third kappa shape index (κ3) is 3.62. The lowest BCUT2D eigenvalue weighted by Gasteiger charge is -2.11. The van der Waals surface area contributed by atoms with Crippen molar-refractivity contribution in [3.8, 4) is 5.75 Å². The van der Waals surface area contributed by atoms with Crippen LogP contribution in [0.3, 0.4) is 0 Å². The van der Waals surface area contributed by atoms with Gasteiger partial charge in [-0.05, 0) is 28.9 Å². The van der Waals surface area contributed by atoms with Gasteiger partial charge in [0.2, 0.25) is 0 Å². The van der Waals surface area contributed by atoms with Gasteiger partial charge in [-0.1, -0.05) is 12.1 Å². The second kappa shape index (κ2) is 5.94. The molecule has 1 aromatic carbocycles. The van der Waals surface area contributed by atoms with Crippen LogP contribution in [-0.4, -0.2) is 39.3 Å². The Bertz CT molecular complexity index is 476. The maximum absolute atomic E-state index is 11.6. The number of carboxylic acid groups (broad SMARTS) is 1. The van der Waals surface area contributed by atoms with E-state index in [4.69, 9.17) is 9.84 Å². The number of amides is 1. The molecular formula is C12H13NO5S. The molecule has 102 valence electrons. The molecule has 1 aromatic rings. The molecule has 0 spiro atoms. The van der Waals surface area contributed by atoms with Crippen molar-refractivity contribution in [1.82, 2.24) is 5.32 Å². The Kier molecular flexibility index (Phi) is 4.28. The van der Waals surface area contributed by atoms with Gasteiger partial charge in [0.15, 0.2) is 17.7 Å². The summed E-state index contributed by atoms with van der Waals surface area (Å²) in [5.41, 5.74) is 0.859. The van der Waals surface area contributed by atoms with Crippen LogP contribution in [0.15, 0.2) is 24.3 Å². The average Bonchev–Trinajstić information content (AvgIpc) is 2.70. The summed E-state index contributed by atoms with van der Waals surface area (Å²) in [4.78, 5) is 21.8. The largest absolute Gasteiger partial charge is 0.614 e. The lowest BCUT2D eigenvalue weighted by atomic mass is 10.1. The summed E-state index contributed by atoms with van der Waals surface area (Å²) in [6.45, 7) is -0.394. The van der Waals surface area contributed by atoms with E-state index in [1.165, 1.54) is 0 Å². The van der Waals surface area contributed by atoms with Crippen LogP contribution < -0.4 is 10.1 Å². The van der Waals surface area contributed by atoms with Gasteiger partial charge < -0.3 is 19.7 Å². The highest BCUT2D eigenvalue weighted by Gasteiger charge is 2.37. The Morgan fingerprint density at radius 3 is 2.68 bits per heavy atom. The fourth-order valence-corrected chi connectivity index (χ4v) is 2.93. The van der Waals surface area contributed by atoms with Crippen LogP contribution >= 0.6 is 0 Å². The molecule has 7 heteroatoms. The minimum absolute atomic E-state index is 0.190. The average molecular weight is 283 g/mol. The number of hydrogen-bond acceptors (Lipinski definition) is 4. The predicted molar refractivity (Wildman–Crippen MR) is 68.2 cm³/mol. The summed E-state index contributed by atoms with van der Waals surface area (Å²) >= 11 is -1.18. The molecule has 2 atom stereocenters. The number of carboxylic acids is 1. The topological polar surface area (TPSA) is 98.7 Å². The summed E-state index contributed by atoms with van der Waals surface area (Å²) in [7, 11) is 0. The quantitative estimate of drug-likeness (QED) is 0.735. The normalized spacial score (nSPS) is 22.1. The lowest BCUT2D eigenvalue weighted by Crippen LogP contribution is -2.27. The smallest absolute Gasteiger partial charge is 0.341 e. The van der Waals surface area contributed by atoms with Crippen LogP contribution in [0.5, 0.6) is 5.75 Å². The number of benzene rings is 1. The van der Waals surface area contributed by atoms with Gasteiger partial charge in [0.05, 0.1) is 0 Å². The second-order valence-corrected chi connectivity index (χ2v) is 5.70. The van der Waals surface area contributed by atoms with E-state index in [-0.39, 0.29) is 11.8 Å². The summed E-state index contributed by atoms with van der Waals surface area (Å²) in [6.07, 6.45) is 0.400. The van der Waals surface area contributed by atoms with Crippen molar-refractivity contribution in [2.45, 2.75) is 11.7 Å². The van der Waals surface area contributed by atoms with Crippen molar-refractivity contribution in [1.29, 1.82) is 0 Å². The zero-order valence-corrected chi connectivity index (χ0v) is 10.8. The molecular weight excluding hydrogens is 270 g/mol. The Morgan fingerprint density at radius 1 is 1.47 bits per heavy atom. The standard InChI is InChI=1S/C12H13NO5S/c14-11(15)6-18-9-3-1-8(2-4-9)5-10-12(16)13-7-19(10)17/h1-4,10H,5-7H2,(H,13,16)(H,14,15). The van der Waals surface area contributed by atoms with Crippen LogP contribution in [0.4, 0.5) is 0 Å². The van der Waals surface area contributed by atoms with E-state index < -0.39 is 29.0 Å². The molecule has 0 aromatic heterocycles. The molecule has 6 nitrogen and oxygen atoms in total. The molecule has 0 aliphatic carbocycles. The third-order valence-corrected chi connectivity index (χ3v) is 4.15. The molecule has 1 aliphatic heterocycles. The molecule has 2 rings (SSSR count). The first-order valence-corrected chi connectivity index (χ1v) is 7.03. The summed E-state index contributed by atoms with van der Waals surface area (Å²) in [6, 6.07) is 6.74. The molecule has 0 bridgehead atoms. The number of carbonyl (C=O) groups excluding carboxylic acids is 1. The van der Waals surface area contributed by atoms with Gasteiger partial charge in [-0.25, -0.2) is 4.79 Å².